The molecule has 1 fully saturated rings. The zero-order valence-corrected chi connectivity index (χ0v) is 7.86. The van der Waals surface area contributed by atoms with Gasteiger partial charge in [-0.3, -0.25) is 4.68 Å². The molecule has 1 aliphatic rings. The zero-order valence-electron chi connectivity index (χ0n) is 7.86. The summed E-state index contributed by atoms with van der Waals surface area (Å²) >= 11 is 0. The van der Waals surface area contributed by atoms with Gasteiger partial charge in [-0.05, 0) is 19.9 Å². The van der Waals surface area contributed by atoms with Crippen LogP contribution in [0.4, 0.5) is 0 Å². The van der Waals surface area contributed by atoms with Crippen LogP contribution in [-0.4, -0.2) is 28.3 Å². The number of nitrogens with zero attached hydrogens (tertiary/aromatic N) is 2. The molecular weight excluding hydrogens is 168 g/mol. The number of rotatable bonds is 2. The highest BCUT2D eigenvalue weighted by Gasteiger charge is 2.32. The van der Waals surface area contributed by atoms with Gasteiger partial charge >= 0.3 is 0 Å². The van der Waals surface area contributed by atoms with Gasteiger partial charge in [0.05, 0.1) is 13.2 Å². The van der Waals surface area contributed by atoms with E-state index in [1.54, 1.807) is 10.7 Å². The van der Waals surface area contributed by atoms with Gasteiger partial charge in [0.25, 0.3) is 0 Å². The predicted octanol–water partition coefficient (Wildman–Crippen LogP) is 0.835. The van der Waals surface area contributed by atoms with Crippen molar-refractivity contribution in [1.29, 1.82) is 0 Å². The second kappa shape index (κ2) is 3.12. The minimum absolute atomic E-state index is 0.100. The van der Waals surface area contributed by atoms with Crippen LogP contribution in [0, 0.1) is 6.20 Å². The van der Waals surface area contributed by atoms with Crippen molar-refractivity contribution in [1.82, 2.24) is 9.78 Å². The molecule has 1 aromatic rings. The van der Waals surface area contributed by atoms with Crippen LogP contribution in [0.15, 0.2) is 12.3 Å². The first-order valence-corrected chi connectivity index (χ1v) is 4.37. The zero-order chi connectivity index (χ0) is 9.31. The van der Waals surface area contributed by atoms with Crippen molar-refractivity contribution in [2.75, 3.05) is 6.61 Å². The Morgan fingerprint density at radius 2 is 2.54 bits per heavy atom. The van der Waals surface area contributed by atoms with Crippen LogP contribution in [0.5, 0.6) is 0 Å². The second-order valence-electron chi connectivity index (χ2n) is 3.62. The maximum atomic E-state index is 5.63. The van der Waals surface area contributed by atoms with E-state index in [1.165, 1.54) is 0 Å². The maximum Gasteiger partial charge on any atom is 0.163 e. The van der Waals surface area contributed by atoms with Crippen LogP contribution in [0.1, 0.15) is 13.8 Å². The van der Waals surface area contributed by atoms with Gasteiger partial charge in [0.15, 0.2) is 5.79 Å². The molecule has 13 heavy (non-hydrogen) atoms. The molecule has 0 unspecified atom stereocenters. The number of ether oxygens (including phenoxy) is 2. The summed E-state index contributed by atoms with van der Waals surface area (Å²) in [5.74, 6) is -0.443. The van der Waals surface area contributed by atoms with Crippen LogP contribution < -0.4 is 0 Å². The van der Waals surface area contributed by atoms with E-state index >= 15 is 0 Å². The number of hydrogen-bond donors (Lipinski definition) is 0. The smallest absolute Gasteiger partial charge is 0.163 e. The summed E-state index contributed by atoms with van der Waals surface area (Å²) in [5.41, 5.74) is 0. The third-order valence-corrected chi connectivity index (χ3v) is 1.97. The van der Waals surface area contributed by atoms with E-state index in [1.807, 2.05) is 20.0 Å². The Labute approximate surface area is 77.4 Å². The second-order valence-corrected chi connectivity index (χ2v) is 3.62. The predicted molar refractivity (Wildman–Crippen MR) is 46.0 cm³/mol. The van der Waals surface area contributed by atoms with Crippen LogP contribution >= 0.6 is 0 Å². The van der Waals surface area contributed by atoms with Gasteiger partial charge in [-0.2, -0.15) is 5.10 Å². The molecule has 1 aromatic heterocycles. The Morgan fingerprint density at radius 3 is 3.08 bits per heavy atom. The highest BCUT2D eigenvalue weighted by Crippen LogP contribution is 2.22. The van der Waals surface area contributed by atoms with Crippen molar-refractivity contribution in [3.05, 3.63) is 18.5 Å². The van der Waals surface area contributed by atoms with E-state index in [-0.39, 0.29) is 6.10 Å². The molecular formula is C9H13N2O2. The van der Waals surface area contributed by atoms with Crippen LogP contribution in [-0.2, 0) is 16.0 Å². The minimum atomic E-state index is -0.443. The Balaban J connectivity index is 1.91. The van der Waals surface area contributed by atoms with E-state index in [9.17, 15) is 0 Å². The summed E-state index contributed by atoms with van der Waals surface area (Å²) in [6.07, 6.45) is 4.71. The molecule has 1 aliphatic heterocycles. The summed E-state index contributed by atoms with van der Waals surface area (Å²) in [5, 5.41) is 3.98. The number of aromatic nitrogens is 2. The quantitative estimate of drug-likeness (QED) is 0.678. The van der Waals surface area contributed by atoms with Gasteiger partial charge in [0, 0.05) is 6.20 Å². The molecule has 1 radical (unpaired) electrons. The lowest BCUT2D eigenvalue weighted by Gasteiger charge is -2.16. The molecule has 4 nitrogen and oxygen atoms in total. The molecule has 0 aliphatic carbocycles. The summed E-state index contributed by atoms with van der Waals surface area (Å²) < 4.78 is 12.9. The van der Waals surface area contributed by atoms with Crippen LogP contribution in [0.3, 0.4) is 0 Å². The molecule has 1 atom stereocenters. The normalized spacial score (nSPS) is 26.5. The van der Waals surface area contributed by atoms with Crippen molar-refractivity contribution in [3.63, 3.8) is 0 Å². The standard InChI is InChI=1S/C9H13N2O2/c1-9(2)12-7-8(13-9)6-11-5-3-4-10-11/h3,5,8H,6-7H2,1-2H3/t8-/m1/s1. The minimum Gasteiger partial charge on any atom is -0.348 e. The molecule has 4 heteroatoms. The first-order chi connectivity index (χ1) is 6.16. The lowest BCUT2D eigenvalue weighted by Crippen LogP contribution is -2.24. The summed E-state index contributed by atoms with van der Waals surface area (Å²) in [6, 6.07) is 1.78. The fourth-order valence-corrected chi connectivity index (χ4v) is 1.42. The average molecular weight is 181 g/mol. The Kier molecular flexibility index (Phi) is 2.09. The van der Waals surface area contributed by atoms with Gasteiger partial charge in [0.2, 0.25) is 0 Å². The van der Waals surface area contributed by atoms with Gasteiger partial charge in [-0.1, -0.05) is 0 Å². The highest BCUT2D eigenvalue weighted by atomic mass is 16.7. The van der Waals surface area contributed by atoms with E-state index in [2.05, 4.69) is 11.3 Å². The van der Waals surface area contributed by atoms with E-state index in [0.717, 1.165) is 6.54 Å². The molecule has 2 heterocycles. The van der Waals surface area contributed by atoms with Crippen molar-refractivity contribution in [2.24, 2.45) is 0 Å². The SMILES string of the molecule is CC1(C)OC[C@@H](Cn2cc[c]n2)O1. The molecule has 0 aromatic carbocycles. The summed E-state index contributed by atoms with van der Waals surface area (Å²) in [6.45, 7) is 5.20. The Bertz CT molecular complexity index is 269. The van der Waals surface area contributed by atoms with Gasteiger partial charge < -0.3 is 9.47 Å². The molecule has 0 N–H and O–H groups in total. The lowest BCUT2D eigenvalue weighted by molar-refractivity contribution is -0.139. The molecule has 0 amide bonds. The summed E-state index contributed by atoms with van der Waals surface area (Å²) in [7, 11) is 0. The molecule has 1 saturated heterocycles. The van der Waals surface area contributed by atoms with Gasteiger partial charge in [-0.25, -0.2) is 0 Å². The lowest BCUT2D eigenvalue weighted by atomic mass is 10.4. The first-order valence-electron chi connectivity index (χ1n) is 4.37. The van der Waals surface area contributed by atoms with E-state index in [4.69, 9.17) is 9.47 Å². The topological polar surface area (TPSA) is 36.3 Å². The van der Waals surface area contributed by atoms with Crippen LogP contribution in [0.2, 0.25) is 0 Å². The molecule has 0 saturated carbocycles. The average Bonchev–Trinajstić information content (AvgIpc) is 2.61. The van der Waals surface area contributed by atoms with Crippen molar-refractivity contribution in [3.8, 4) is 0 Å². The highest BCUT2D eigenvalue weighted by molar-refractivity contribution is 4.78. The monoisotopic (exact) mass is 181 g/mol. The third-order valence-electron chi connectivity index (χ3n) is 1.97. The first kappa shape index (κ1) is 8.72. The molecule has 71 valence electrons. The fourth-order valence-electron chi connectivity index (χ4n) is 1.42. The van der Waals surface area contributed by atoms with E-state index < -0.39 is 5.79 Å². The Morgan fingerprint density at radius 1 is 1.69 bits per heavy atom. The molecule has 2 rings (SSSR count). The number of hydrogen-bond acceptors (Lipinski definition) is 3. The van der Waals surface area contributed by atoms with Crippen molar-refractivity contribution in [2.45, 2.75) is 32.3 Å². The largest absolute Gasteiger partial charge is 0.348 e. The molecule has 0 spiro atoms. The van der Waals surface area contributed by atoms with Gasteiger partial charge in [0.1, 0.15) is 12.3 Å². The summed E-state index contributed by atoms with van der Waals surface area (Å²) in [4.78, 5) is 0. The van der Waals surface area contributed by atoms with Crippen LogP contribution in [0.25, 0.3) is 0 Å². The van der Waals surface area contributed by atoms with Crippen molar-refractivity contribution >= 4 is 0 Å². The maximum absolute atomic E-state index is 5.63. The van der Waals surface area contributed by atoms with Gasteiger partial charge in [-0.15, -0.1) is 0 Å². The molecule has 0 bridgehead atoms. The van der Waals surface area contributed by atoms with Crippen molar-refractivity contribution < 1.29 is 9.47 Å². The fraction of sp³-hybridized carbons (Fsp3) is 0.667. The third kappa shape index (κ3) is 2.08. The Hall–Kier alpha value is -0.870. The van der Waals surface area contributed by atoms with E-state index in [0.29, 0.717) is 6.61 Å².